The lowest BCUT2D eigenvalue weighted by molar-refractivity contribution is -0.136. The molecule has 3 nitrogen and oxygen atoms in total. The lowest BCUT2D eigenvalue weighted by atomic mass is 9.92. The largest absolute Gasteiger partial charge is 0.465 e. The molecule has 0 spiro atoms. The predicted octanol–water partition coefficient (Wildman–Crippen LogP) is 6.06. The second-order valence-electron chi connectivity index (χ2n) is 6.00. The monoisotopic (exact) mass is 370 g/mol. The molecule has 1 heterocycles. The van der Waals surface area contributed by atoms with E-state index in [-0.39, 0.29) is 27.7 Å². The van der Waals surface area contributed by atoms with Gasteiger partial charge in [0.2, 0.25) is 0 Å². The molecule has 0 saturated carbocycles. The normalized spacial score (nSPS) is 11.9. The van der Waals surface area contributed by atoms with Crippen molar-refractivity contribution in [2.75, 3.05) is 7.11 Å². The number of carbonyl (C=O) groups is 1. The molecule has 0 amide bonds. The minimum Gasteiger partial charge on any atom is -0.465 e. The third-order valence-electron chi connectivity index (χ3n) is 4.43. The summed E-state index contributed by atoms with van der Waals surface area (Å²) in [5, 5.41) is 0.530. The van der Waals surface area contributed by atoms with Crippen LogP contribution in [-0.4, -0.2) is 13.1 Å². The van der Waals surface area contributed by atoms with Crippen molar-refractivity contribution in [2.24, 2.45) is 0 Å². The van der Waals surface area contributed by atoms with Crippen molar-refractivity contribution in [3.63, 3.8) is 0 Å². The van der Waals surface area contributed by atoms with Crippen molar-refractivity contribution in [2.45, 2.75) is 6.18 Å². The summed E-state index contributed by atoms with van der Waals surface area (Å²) in [6.07, 6.45) is -4.65. The van der Waals surface area contributed by atoms with E-state index in [0.29, 0.717) is 10.9 Å². The number of benzene rings is 3. The van der Waals surface area contributed by atoms with Crippen LogP contribution in [0.1, 0.15) is 15.9 Å². The SMILES string of the molecule is COC(=O)c1c(-c2ccccc2)cc(C(F)(F)F)c2oc3ccccc3c12. The Labute approximate surface area is 152 Å². The first-order chi connectivity index (χ1) is 12.9. The number of esters is 1. The Bertz CT molecular complexity index is 1160. The molecule has 0 fully saturated rings. The van der Waals surface area contributed by atoms with E-state index >= 15 is 0 Å². The number of methoxy groups -OCH3 is 1. The van der Waals surface area contributed by atoms with Gasteiger partial charge in [-0.05, 0) is 23.3 Å². The van der Waals surface area contributed by atoms with Crippen molar-refractivity contribution >= 4 is 27.9 Å². The summed E-state index contributed by atoms with van der Waals surface area (Å²) in [5.74, 6) is -0.723. The van der Waals surface area contributed by atoms with E-state index in [1.807, 2.05) is 0 Å². The molecule has 0 bridgehead atoms. The average Bonchev–Trinajstić information content (AvgIpc) is 3.05. The van der Waals surface area contributed by atoms with E-state index in [0.717, 1.165) is 6.07 Å². The zero-order valence-corrected chi connectivity index (χ0v) is 14.1. The molecule has 0 saturated heterocycles. The summed E-state index contributed by atoms with van der Waals surface area (Å²) in [6.45, 7) is 0. The predicted molar refractivity (Wildman–Crippen MR) is 95.5 cm³/mol. The maximum atomic E-state index is 13.8. The minimum absolute atomic E-state index is 0.0525. The number of carbonyl (C=O) groups excluding carboxylic acids is 1. The zero-order chi connectivity index (χ0) is 19.2. The van der Waals surface area contributed by atoms with Crippen molar-refractivity contribution in [3.8, 4) is 11.1 Å². The molecule has 0 unspecified atom stereocenters. The van der Waals surface area contributed by atoms with Gasteiger partial charge in [0.25, 0.3) is 0 Å². The highest BCUT2D eigenvalue weighted by atomic mass is 19.4. The van der Waals surface area contributed by atoms with Gasteiger partial charge >= 0.3 is 12.1 Å². The quantitative estimate of drug-likeness (QED) is 0.403. The highest BCUT2D eigenvalue weighted by molar-refractivity contribution is 6.19. The van der Waals surface area contributed by atoms with Crippen LogP contribution in [0.25, 0.3) is 33.1 Å². The fourth-order valence-electron chi connectivity index (χ4n) is 3.27. The van der Waals surface area contributed by atoms with Crippen molar-refractivity contribution in [1.82, 2.24) is 0 Å². The summed E-state index contributed by atoms with van der Waals surface area (Å²) in [5.41, 5.74) is -0.349. The second kappa shape index (κ2) is 6.16. The summed E-state index contributed by atoms with van der Waals surface area (Å²) in [4.78, 5) is 12.6. The van der Waals surface area contributed by atoms with E-state index in [1.54, 1.807) is 54.6 Å². The zero-order valence-electron chi connectivity index (χ0n) is 14.1. The maximum absolute atomic E-state index is 13.8. The third kappa shape index (κ3) is 2.73. The summed E-state index contributed by atoms with van der Waals surface area (Å²) >= 11 is 0. The summed E-state index contributed by atoms with van der Waals surface area (Å²) in [7, 11) is 1.20. The minimum atomic E-state index is -4.65. The number of fused-ring (bicyclic) bond motifs is 3. The standard InChI is InChI=1S/C21H13F3O3/c1-26-20(25)18-14(12-7-3-2-4-8-12)11-15(21(22,23)24)19-17(18)13-9-5-6-10-16(13)27-19/h2-11H,1H3. The molecular weight excluding hydrogens is 357 g/mol. The van der Waals surface area contributed by atoms with Crippen molar-refractivity contribution in [3.05, 3.63) is 71.8 Å². The van der Waals surface area contributed by atoms with Crippen LogP contribution in [0.15, 0.2) is 65.1 Å². The van der Waals surface area contributed by atoms with Gasteiger partial charge < -0.3 is 9.15 Å². The van der Waals surface area contributed by atoms with Crippen LogP contribution >= 0.6 is 0 Å². The van der Waals surface area contributed by atoms with Crippen LogP contribution in [0.4, 0.5) is 13.2 Å². The van der Waals surface area contributed by atoms with Crippen LogP contribution in [0.2, 0.25) is 0 Å². The number of alkyl halides is 3. The molecule has 0 radical (unpaired) electrons. The van der Waals surface area contributed by atoms with E-state index in [4.69, 9.17) is 9.15 Å². The Morgan fingerprint density at radius 3 is 2.33 bits per heavy atom. The molecular formula is C21H13F3O3. The maximum Gasteiger partial charge on any atom is 0.420 e. The third-order valence-corrected chi connectivity index (χ3v) is 4.43. The number of hydrogen-bond acceptors (Lipinski definition) is 3. The lowest BCUT2D eigenvalue weighted by Gasteiger charge is -2.14. The highest BCUT2D eigenvalue weighted by Crippen LogP contribution is 2.44. The lowest BCUT2D eigenvalue weighted by Crippen LogP contribution is -2.10. The Kier molecular flexibility index (Phi) is 3.91. The fraction of sp³-hybridized carbons (Fsp3) is 0.0952. The second-order valence-corrected chi connectivity index (χ2v) is 6.00. The van der Waals surface area contributed by atoms with Crippen LogP contribution in [0.3, 0.4) is 0 Å². The van der Waals surface area contributed by atoms with E-state index < -0.39 is 17.7 Å². The first-order valence-corrected chi connectivity index (χ1v) is 8.11. The Morgan fingerprint density at radius 1 is 1.00 bits per heavy atom. The molecule has 0 aliphatic rings. The highest BCUT2D eigenvalue weighted by Gasteiger charge is 2.37. The van der Waals surface area contributed by atoms with Crippen LogP contribution < -0.4 is 0 Å². The average molecular weight is 370 g/mol. The van der Waals surface area contributed by atoms with Crippen molar-refractivity contribution < 1.29 is 27.1 Å². The summed E-state index contributed by atoms with van der Waals surface area (Å²) in [6, 6.07) is 15.9. The number of furan rings is 1. The molecule has 27 heavy (non-hydrogen) atoms. The number of ether oxygens (including phenoxy) is 1. The number of para-hydroxylation sites is 1. The number of rotatable bonds is 2. The fourth-order valence-corrected chi connectivity index (χ4v) is 3.27. The van der Waals surface area contributed by atoms with E-state index in [9.17, 15) is 18.0 Å². The van der Waals surface area contributed by atoms with Gasteiger partial charge in [-0.3, -0.25) is 0 Å². The topological polar surface area (TPSA) is 39.4 Å². The van der Waals surface area contributed by atoms with Gasteiger partial charge in [-0.2, -0.15) is 13.2 Å². The van der Waals surface area contributed by atoms with Gasteiger partial charge in [-0.15, -0.1) is 0 Å². The van der Waals surface area contributed by atoms with Gasteiger partial charge in [0.05, 0.1) is 18.2 Å². The molecule has 4 rings (SSSR count). The molecule has 136 valence electrons. The Balaban J connectivity index is 2.26. The number of hydrogen-bond donors (Lipinski definition) is 0. The molecule has 3 aromatic carbocycles. The van der Waals surface area contributed by atoms with Gasteiger partial charge in [0.15, 0.2) is 0 Å². The Morgan fingerprint density at radius 2 is 1.67 bits per heavy atom. The molecule has 0 atom stereocenters. The molecule has 6 heteroatoms. The first kappa shape index (κ1) is 17.1. The van der Waals surface area contributed by atoms with Gasteiger partial charge in [-0.25, -0.2) is 4.79 Å². The van der Waals surface area contributed by atoms with Gasteiger partial charge in [0.1, 0.15) is 11.2 Å². The molecule has 0 aliphatic heterocycles. The Hall–Kier alpha value is -3.28. The van der Waals surface area contributed by atoms with Crippen LogP contribution in [0, 0.1) is 0 Å². The van der Waals surface area contributed by atoms with E-state index in [2.05, 4.69) is 0 Å². The molecule has 0 aliphatic carbocycles. The molecule has 4 aromatic rings. The smallest absolute Gasteiger partial charge is 0.420 e. The van der Waals surface area contributed by atoms with Crippen LogP contribution in [0.5, 0.6) is 0 Å². The number of halogens is 3. The van der Waals surface area contributed by atoms with E-state index in [1.165, 1.54) is 7.11 Å². The summed E-state index contributed by atoms with van der Waals surface area (Å²) < 4.78 is 51.7. The van der Waals surface area contributed by atoms with Gasteiger partial charge in [-0.1, -0.05) is 48.5 Å². The van der Waals surface area contributed by atoms with Crippen LogP contribution in [-0.2, 0) is 10.9 Å². The molecule has 0 N–H and O–H groups in total. The first-order valence-electron chi connectivity index (χ1n) is 8.11. The van der Waals surface area contributed by atoms with Gasteiger partial charge in [0, 0.05) is 10.8 Å². The molecule has 1 aromatic heterocycles. The van der Waals surface area contributed by atoms with Crippen molar-refractivity contribution in [1.29, 1.82) is 0 Å².